The molecule has 25 heavy (non-hydrogen) atoms. The van der Waals surface area contributed by atoms with E-state index in [1.807, 2.05) is 0 Å². The number of carbonyl (C=O) groups is 2. The second-order valence-corrected chi connectivity index (χ2v) is 6.03. The molecular weight excluding hydrogens is 321 g/mol. The van der Waals surface area contributed by atoms with Crippen LogP contribution >= 0.6 is 0 Å². The standard InChI is InChI=1S/C19H20FN3O2/c20-16-7-4-14(5-8-16)17-9-6-15(13-22-17)19(25)21-10-12-23-11-2-1-3-18(23)24/h4-9,13H,1-3,10-12H2,(H,21,25). The monoisotopic (exact) mass is 341 g/mol. The first-order chi connectivity index (χ1) is 12.1. The lowest BCUT2D eigenvalue weighted by molar-refractivity contribution is -0.133. The van der Waals surface area contributed by atoms with E-state index in [0.29, 0.717) is 30.8 Å². The smallest absolute Gasteiger partial charge is 0.252 e. The molecule has 3 rings (SSSR count). The van der Waals surface area contributed by atoms with Crippen LogP contribution in [0.2, 0.25) is 0 Å². The minimum atomic E-state index is -0.299. The van der Waals surface area contributed by atoms with Crippen molar-refractivity contribution in [2.45, 2.75) is 19.3 Å². The number of benzene rings is 1. The maximum absolute atomic E-state index is 13.0. The summed E-state index contributed by atoms with van der Waals surface area (Å²) in [4.78, 5) is 29.9. The zero-order valence-electron chi connectivity index (χ0n) is 13.9. The fraction of sp³-hybridized carbons (Fsp3) is 0.316. The molecule has 0 unspecified atom stereocenters. The number of likely N-dealkylation sites (tertiary alicyclic amines) is 1. The van der Waals surface area contributed by atoms with Crippen LogP contribution in [-0.4, -0.2) is 41.3 Å². The van der Waals surface area contributed by atoms with Gasteiger partial charge in [0.2, 0.25) is 5.91 Å². The quantitative estimate of drug-likeness (QED) is 0.909. The molecule has 1 fully saturated rings. The molecular formula is C19H20FN3O2. The number of halogens is 1. The molecule has 0 spiro atoms. The minimum Gasteiger partial charge on any atom is -0.350 e. The summed E-state index contributed by atoms with van der Waals surface area (Å²) in [7, 11) is 0. The molecule has 2 amide bonds. The predicted molar refractivity (Wildman–Crippen MR) is 92.4 cm³/mol. The van der Waals surface area contributed by atoms with Gasteiger partial charge in [-0.3, -0.25) is 14.6 Å². The molecule has 130 valence electrons. The Morgan fingerprint density at radius 3 is 2.64 bits per heavy atom. The summed E-state index contributed by atoms with van der Waals surface area (Å²) in [6.45, 7) is 1.72. The van der Waals surface area contributed by atoms with Crippen molar-refractivity contribution in [1.29, 1.82) is 0 Å². The summed E-state index contributed by atoms with van der Waals surface area (Å²) in [5.41, 5.74) is 1.92. The number of nitrogens with one attached hydrogen (secondary N) is 1. The van der Waals surface area contributed by atoms with Gasteiger partial charge in [-0.05, 0) is 49.2 Å². The number of rotatable bonds is 5. The van der Waals surface area contributed by atoms with Crippen LogP contribution in [0.15, 0.2) is 42.6 Å². The molecule has 1 aliphatic heterocycles. The highest BCUT2D eigenvalue weighted by Crippen LogP contribution is 2.17. The Morgan fingerprint density at radius 1 is 1.16 bits per heavy atom. The number of hydrogen-bond acceptors (Lipinski definition) is 3. The van der Waals surface area contributed by atoms with E-state index in [1.54, 1.807) is 29.2 Å². The van der Waals surface area contributed by atoms with Gasteiger partial charge >= 0.3 is 0 Å². The molecule has 0 radical (unpaired) electrons. The van der Waals surface area contributed by atoms with Gasteiger partial charge in [0.25, 0.3) is 5.91 Å². The fourth-order valence-corrected chi connectivity index (χ4v) is 2.82. The van der Waals surface area contributed by atoms with E-state index < -0.39 is 0 Å². The first kappa shape index (κ1) is 17.1. The van der Waals surface area contributed by atoms with E-state index in [1.165, 1.54) is 18.3 Å². The van der Waals surface area contributed by atoms with Gasteiger partial charge in [-0.1, -0.05) is 0 Å². The summed E-state index contributed by atoms with van der Waals surface area (Å²) in [6.07, 6.45) is 4.07. The van der Waals surface area contributed by atoms with Crippen LogP contribution in [0, 0.1) is 5.82 Å². The summed E-state index contributed by atoms with van der Waals surface area (Å²) in [5, 5.41) is 2.81. The molecule has 0 saturated carbocycles. The summed E-state index contributed by atoms with van der Waals surface area (Å²) in [6, 6.07) is 9.46. The highest BCUT2D eigenvalue weighted by molar-refractivity contribution is 5.94. The Hall–Kier alpha value is -2.76. The topological polar surface area (TPSA) is 62.3 Å². The van der Waals surface area contributed by atoms with Gasteiger partial charge in [0.1, 0.15) is 5.82 Å². The number of aromatic nitrogens is 1. The predicted octanol–water partition coefficient (Wildman–Crippen LogP) is 2.63. The number of amides is 2. The molecule has 2 heterocycles. The van der Waals surface area contributed by atoms with Crippen molar-refractivity contribution < 1.29 is 14.0 Å². The number of pyridine rings is 1. The van der Waals surface area contributed by atoms with Crippen LogP contribution in [0.1, 0.15) is 29.6 Å². The molecule has 0 aliphatic carbocycles. The van der Waals surface area contributed by atoms with Gasteiger partial charge in [0, 0.05) is 37.8 Å². The lowest BCUT2D eigenvalue weighted by atomic mass is 10.1. The molecule has 0 atom stereocenters. The SMILES string of the molecule is O=C(NCCN1CCCCC1=O)c1ccc(-c2ccc(F)cc2)nc1. The third-order valence-corrected chi connectivity index (χ3v) is 4.25. The third kappa shape index (κ3) is 4.41. The highest BCUT2D eigenvalue weighted by atomic mass is 19.1. The molecule has 1 aliphatic rings. The summed E-state index contributed by atoms with van der Waals surface area (Å²) >= 11 is 0. The van der Waals surface area contributed by atoms with Crippen LogP contribution in [0.4, 0.5) is 4.39 Å². The second-order valence-electron chi connectivity index (χ2n) is 6.03. The van der Waals surface area contributed by atoms with Crippen molar-refractivity contribution in [2.75, 3.05) is 19.6 Å². The first-order valence-electron chi connectivity index (χ1n) is 8.41. The van der Waals surface area contributed by atoms with Gasteiger partial charge in [-0.2, -0.15) is 0 Å². The molecule has 2 aromatic rings. The van der Waals surface area contributed by atoms with Gasteiger partial charge in [-0.15, -0.1) is 0 Å². The van der Waals surface area contributed by atoms with Crippen molar-refractivity contribution >= 4 is 11.8 Å². The second kappa shape index (κ2) is 7.88. The first-order valence-corrected chi connectivity index (χ1v) is 8.41. The van der Waals surface area contributed by atoms with E-state index in [9.17, 15) is 14.0 Å². The van der Waals surface area contributed by atoms with E-state index in [4.69, 9.17) is 0 Å². The average Bonchev–Trinajstić information content (AvgIpc) is 2.64. The van der Waals surface area contributed by atoms with E-state index >= 15 is 0 Å². The number of carbonyl (C=O) groups excluding carboxylic acids is 2. The van der Waals surface area contributed by atoms with Crippen LogP contribution in [-0.2, 0) is 4.79 Å². The maximum Gasteiger partial charge on any atom is 0.252 e. The van der Waals surface area contributed by atoms with Gasteiger partial charge in [0.15, 0.2) is 0 Å². The molecule has 1 N–H and O–H groups in total. The lowest BCUT2D eigenvalue weighted by Crippen LogP contribution is -2.41. The summed E-state index contributed by atoms with van der Waals surface area (Å²) < 4.78 is 13.0. The number of piperidine rings is 1. The Labute approximate surface area is 145 Å². The van der Waals surface area contributed by atoms with E-state index in [-0.39, 0.29) is 17.6 Å². The number of hydrogen-bond donors (Lipinski definition) is 1. The van der Waals surface area contributed by atoms with Gasteiger partial charge < -0.3 is 10.2 Å². The molecule has 0 bridgehead atoms. The summed E-state index contributed by atoms with van der Waals surface area (Å²) in [5.74, 6) is -0.361. The van der Waals surface area contributed by atoms with Gasteiger partial charge in [-0.25, -0.2) is 4.39 Å². The lowest BCUT2D eigenvalue weighted by Gasteiger charge is -2.26. The largest absolute Gasteiger partial charge is 0.350 e. The Morgan fingerprint density at radius 2 is 1.96 bits per heavy atom. The number of nitrogens with zero attached hydrogens (tertiary/aromatic N) is 2. The molecule has 1 aromatic heterocycles. The zero-order valence-corrected chi connectivity index (χ0v) is 13.9. The van der Waals surface area contributed by atoms with Crippen molar-refractivity contribution in [1.82, 2.24) is 15.2 Å². The van der Waals surface area contributed by atoms with Crippen LogP contribution in [0.25, 0.3) is 11.3 Å². The Kier molecular flexibility index (Phi) is 5.38. The Bertz CT molecular complexity index is 744. The average molecular weight is 341 g/mol. The van der Waals surface area contributed by atoms with Crippen molar-refractivity contribution in [3.8, 4) is 11.3 Å². The van der Waals surface area contributed by atoms with Crippen molar-refractivity contribution in [3.63, 3.8) is 0 Å². The molecule has 1 saturated heterocycles. The molecule has 1 aromatic carbocycles. The van der Waals surface area contributed by atoms with Crippen molar-refractivity contribution in [3.05, 3.63) is 54.0 Å². The van der Waals surface area contributed by atoms with E-state index in [0.717, 1.165) is 24.9 Å². The van der Waals surface area contributed by atoms with Crippen molar-refractivity contribution in [2.24, 2.45) is 0 Å². The maximum atomic E-state index is 13.0. The Balaban J connectivity index is 1.53. The fourth-order valence-electron chi connectivity index (χ4n) is 2.82. The highest BCUT2D eigenvalue weighted by Gasteiger charge is 2.17. The van der Waals surface area contributed by atoms with Crippen LogP contribution < -0.4 is 5.32 Å². The molecule has 5 nitrogen and oxygen atoms in total. The minimum absolute atomic E-state index is 0.158. The van der Waals surface area contributed by atoms with Crippen LogP contribution in [0.3, 0.4) is 0 Å². The van der Waals surface area contributed by atoms with Crippen LogP contribution in [0.5, 0.6) is 0 Å². The zero-order chi connectivity index (χ0) is 17.6. The van der Waals surface area contributed by atoms with E-state index in [2.05, 4.69) is 10.3 Å². The molecule has 6 heteroatoms. The normalized spacial score (nSPS) is 14.4. The third-order valence-electron chi connectivity index (χ3n) is 4.25. The van der Waals surface area contributed by atoms with Gasteiger partial charge in [0.05, 0.1) is 11.3 Å².